The van der Waals surface area contributed by atoms with Crippen molar-refractivity contribution in [1.29, 1.82) is 0 Å². The van der Waals surface area contributed by atoms with Crippen molar-refractivity contribution in [1.82, 2.24) is 10.2 Å². The quantitative estimate of drug-likeness (QED) is 0.880. The number of anilines is 2. The lowest BCUT2D eigenvalue weighted by Gasteiger charge is -2.22. The molecule has 5 heteroatoms. The van der Waals surface area contributed by atoms with Crippen LogP contribution in [0.3, 0.4) is 0 Å². The van der Waals surface area contributed by atoms with Gasteiger partial charge in [0.25, 0.3) is 0 Å². The molecule has 1 saturated carbocycles. The second kappa shape index (κ2) is 7.90. The molecule has 1 fully saturated rings. The molecule has 3 rings (SSSR count). The van der Waals surface area contributed by atoms with Crippen LogP contribution in [0.2, 0.25) is 0 Å². The van der Waals surface area contributed by atoms with E-state index in [1.165, 1.54) is 32.1 Å². The second-order valence-corrected chi connectivity index (χ2v) is 6.50. The maximum absolute atomic E-state index is 12.1. The zero-order chi connectivity index (χ0) is 16.8. The predicted octanol–water partition coefficient (Wildman–Crippen LogP) is 3.71. The van der Waals surface area contributed by atoms with Crippen LogP contribution in [0.15, 0.2) is 36.4 Å². The summed E-state index contributed by atoms with van der Waals surface area (Å²) in [4.78, 5) is 12.1. The van der Waals surface area contributed by atoms with E-state index in [0.29, 0.717) is 18.3 Å². The van der Waals surface area contributed by atoms with Gasteiger partial charge >= 0.3 is 0 Å². The Morgan fingerprint density at radius 1 is 1.08 bits per heavy atom. The molecule has 0 unspecified atom stereocenters. The fourth-order valence-electron chi connectivity index (χ4n) is 3.13. The van der Waals surface area contributed by atoms with Gasteiger partial charge in [-0.15, -0.1) is 10.2 Å². The average Bonchev–Trinajstić information content (AvgIpc) is 2.57. The monoisotopic (exact) mass is 324 g/mol. The van der Waals surface area contributed by atoms with Gasteiger partial charge in [0, 0.05) is 6.04 Å². The van der Waals surface area contributed by atoms with Crippen molar-refractivity contribution in [2.24, 2.45) is 0 Å². The summed E-state index contributed by atoms with van der Waals surface area (Å²) in [5.41, 5.74) is 2.15. The van der Waals surface area contributed by atoms with Gasteiger partial charge in [0.15, 0.2) is 5.82 Å². The zero-order valence-corrected chi connectivity index (χ0v) is 14.1. The van der Waals surface area contributed by atoms with E-state index in [4.69, 9.17) is 0 Å². The third-order valence-electron chi connectivity index (χ3n) is 4.34. The third-order valence-corrected chi connectivity index (χ3v) is 4.34. The summed E-state index contributed by atoms with van der Waals surface area (Å²) < 4.78 is 0. The van der Waals surface area contributed by atoms with Gasteiger partial charge in [-0.05, 0) is 37.5 Å². The first-order valence-electron chi connectivity index (χ1n) is 8.65. The average molecular weight is 324 g/mol. The topological polar surface area (TPSA) is 66.9 Å². The molecule has 1 amide bonds. The molecule has 0 radical (unpaired) electrons. The SMILES string of the molecule is Cc1cccc(CC(=O)Nc2ccc(NC3CCCCC3)nn2)c1. The van der Waals surface area contributed by atoms with Gasteiger partial charge in [-0.25, -0.2) is 0 Å². The fraction of sp³-hybridized carbons (Fsp3) is 0.421. The molecule has 1 heterocycles. The van der Waals surface area contributed by atoms with Crippen LogP contribution in [0.1, 0.15) is 43.2 Å². The predicted molar refractivity (Wildman–Crippen MR) is 96.0 cm³/mol. The van der Waals surface area contributed by atoms with E-state index in [-0.39, 0.29) is 5.91 Å². The van der Waals surface area contributed by atoms with E-state index < -0.39 is 0 Å². The highest BCUT2D eigenvalue weighted by Gasteiger charge is 2.13. The molecule has 1 aliphatic rings. The molecule has 24 heavy (non-hydrogen) atoms. The van der Waals surface area contributed by atoms with Crippen molar-refractivity contribution in [3.8, 4) is 0 Å². The summed E-state index contributed by atoms with van der Waals surface area (Å²) in [6, 6.07) is 12.1. The molecule has 0 bridgehead atoms. The van der Waals surface area contributed by atoms with E-state index in [1.54, 1.807) is 6.07 Å². The van der Waals surface area contributed by atoms with Crippen LogP contribution in [0.25, 0.3) is 0 Å². The molecular formula is C19H24N4O. The molecule has 0 aliphatic heterocycles. The lowest BCUT2D eigenvalue weighted by Crippen LogP contribution is -2.23. The summed E-state index contributed by atoms with van der Waals surface area (Å²) in [6.45, 7) is 2.02. The van der Waals surface area contributed by atoms with Crippen LogP contribution < -0.4 is 10.6 Å². The van der Waals surface area contributed by atoms with Crippen molar-refractivity contribution in [2.45, 2.75) is 51.5 Å². The highest BCUT2D eigenvalue weighted by molar-refractivity contribution is 5.91. The Kier molecular flexibility index (Phi) is 5.41. The first kappa shape index (κ1) is 16.4. The molecule has 5 nitrogen and oxygen atoms in total. The Labute approximate surface area is 142 Å². The van der Waals surface area contributed by atoms with Gasteiger partial charge in [-0.2, -0.15) is 0 Å². The minimum atomic E-state index is -0.0807. The van der Waals surface area contributed by atoms with Gasteiger partial charge < -0.3 is 10.6 Å². The Balaban J connectivity index is 1.52. The minimum Gasteiger partial charge on any atom is -0.366 e. The van der Waals surface area contributed by atoms with Crippen LogP contribution in [-0.4, -0.2) is 22.1 Å². The number of aryl methyl sites for hydroxylation is 1. The number of hydrogen-bond acceptors (Lipinski definition) is 4. The zero-order valence-electron chi connectivity index (χ0n) is 14.1. The normalized spacial score (nSPS) is 15.0. The Bertz CT molecular complexity index is 678. The van der Waals surface area contributed by atoms with Crippen molar-refractivity contribution in [2.75, 3.05) is 10.6 Å². The minimum absolute atomic E-state index is 0.0807. The summed E-state index contributed by atoms with van der Waals surface area (Å²) in [5, 5.41) is 14.5. The maximum Gasteiger partial charge on any atom is 0.229 e. The molecule has 1 aliphatic carbocycles. The van der Waals surface area contributed by atoms with Gasteiger partial charge in [0.05, 0.1) is 6.42 Å². The molecule has 2 N–H and O–H groups in total. The number of aromatic nitrogens is 2. The molecule has 0 saturated heterocycles. The summed E-state index contributed by atoms with van der Waals surface area (Å²) in [5.74, 6) is 1.18. The lowest BCUT2D eigenvalue weighted by molar-refractivity contribution is -0.115. The lowest BCUT2D eigenvalue weighted by atomic mass is 9.95. The van der Waals surface area contributed by atoms with E-state index in [2.05, 4.69) is 20.8 Å². The number of nitrogens with zero attached hydrogens (tertiary/aromatic N) is 2. The highest BCUT2D eigenvalue weighted by atomic mass is 16.1. The van der Waals surface area contributed by atoms with Gasteiger partial charge in [-0.1, -0.05) is 49.1 Å². The maximum atomic E-state index is 12.1. The van der Waals surface area contributed by atoms with Crippen molar-refractivity contribution in [3.05, 3.63) is 47.5 Å². The van der Waals surface area contributed by atoms with Gasteiger partial charge in [0.1, 0.15) is 5.82 Å². The molecule has 126 valence electrons. The highest BCUT2D eigenvalue weighted by Crippen LogP contribution is 2.20. The molecule has 0 spiro atoms. The van der Waals surface area contributed by atoms with E-state index in [0.717, 1.165) is 16.9 Å². The van der Waals surface area contributed by atoms with Crippen LogP contribution in [0.5, 0.6) is 0 Å². The second-order valence-electron chi connectivity index (χ2n) is 6.50. The van der Waals surface area contributed by atoms with E-state index in [9.17, 15) is 4.79 Å². The number of nitrogens with one attached hydrogen (secondary N) is 2. The largest absolute Gasteiger partial charge is 0.366 e. The van der Waals surface area contributed by atoms with E-state index >= 15 is 0 Å². The van der Waals surface area contributed by atoms with Gasteiger partial charge in [-0.3, -0.25) is 4.79 Å². The molecule has 1 aromatic heterocycles. The number of benzene rings is 1. The number of amides is 1. The first-order valence-corrected chi connectivity index (χ1v) is 8.65. The van der Waals surface area contributed by atoms with Crippen LogP contribution in [0, 0.1) is 6.92 Å². The Hall–Kier alpha value is -2.43. The smallest absolute Gasteiger partial charge is 0.229 e. The van der Waals surface area contributed by atoms with Gasteiger partial charge in [0.2, 0.25) is 5.91 Å². The van der Waals surface area contributed by atoms with E-state index in [1.807, 2.05) is 37.3 Å². The van der Waals surface area contributed by atoms with Crippen LogP contribution in [0.4, 0.5) is 11.6 Å². The molecule has 1 aromatic carbocycles. The standard InChI is InChI=1S/C19H24N4O/c1-14-6-5-7-15(12-14)13-19(24)21-18-11-10-17(22-23-18)20-16-8-3-2-4-9-16/h5-7,10-12,16H,2-4,8-9,13H2,1H3,(H,20,22)(H,21,23,24). The van der Waals surface area contributed by atoms with Crippen molar-refractivity contribution in [3.63, 3.8) is 0 Å². The number of carbonyl (C=O) groups excluding carboxylic acids is 1. The van der Waals surface area contributed by atoms with Crippen molar-refractivity contribution >= 4 is 17.5 Å². The Morgan fingerprint density at radius 2 is 1.83 bits per heavy atom. The van der Waals surface area contributed by atoms with Crippen molar-refractivity contribution < 1.29 is 4.79 Å². The Morgan fingerprint density at radius 3 is 2.54 bits per heavy atom. The number of carbonyl (C=O) groups is 1. The first-order chi connectivity index (χ1) is 11.7. The molecule has 2 aromatic rings. The summed E-state index contributed by atoms with van der Waals surface area (Å²) in [7, 11) is 0. The fourth-order valence-corrected chi connectivity index (χ4v) is 3.13. The molecular weight excluding hydrogens is 300 g/mol. The van der Waals surface area contributed by atoms with Crippen LogP contribution in [-0.2, 0) is 11.2 Å². The summed E-state index contributed by atoms with van der Waals surface area (Å²) >= 11 is 0. The number of rotatable bonds is 5. The van der Waals surface area contributed by atoms with Crippen LogP contribution >= 0.6 is 0 Å². The third kappa shape index (κ3) is 4.78. The summed E-state index contributed by atoms with van der Waals surface area (Å²) in [6.07, 6.45) is 6.60. The number of hydrogen-bond donors (Lipinski definition) is 2. The molecule has 0 atom stereocenters.